The van der Waals surface area contributed by atoms with E-state index >= 15 is 0 Å². The van der Waals surface area contributed by atoms with Crippen LogP contribution in [0.2, 0.25) is 0 Å². The van der Waals surface area contributed by atoms with Gasteiger partial charge < -0.3 is 15.0 Å². The van der Waals surface area contributed by atoms with E-state index in [1.807, 2.05) is 49.4 Å². The third-order valence-electron chi connectivity index (χ3n) is 4.76. The number of nitrogens with one attached hydrogen (secondary N) is 1. The van der Waals surface area contributed by atoms with E-state index in [-0.39, 0.29) is 17.6 Å². The van der Waals surface area contributed by atoms with E-state index in [0.717, 1.165) is 29.7 Å². The molecule has 0 saturated heterocycles. The molecular formula is C23H24N2O4. The van der Waals surface area contributed by atoms with E-state index in [0.29, 0.717) is 0 Å². The molecule has 2 aromatic rings. The van der Waals surface area contributed by atoms with Crippen molar-refractivity contribution in [2.75, 3.05) is 11.5 Å². The molecule has 2 aromatic carbocycles. The Bertz CT molecular complexity index is 937. The van der Waals surface area contributed by atoms with Crippen LogP contribution in [-0.2, 0) is 25.5 Å². The van der Waals surface area contributed by atoms with Gasteiger partial charge in [-0.25, -0.2) is 4.79 Å². The van der Waals surface area contributed by atoms with Crippen molar-refractivity contribution in [3.63, 3.8) is 0 Å². The van der Waals surface area contributed by atoms with E-state index in [4.69, 9.17) is 4.74 Å². The van der Waals surface area contributed by atoms with Crippen molar-refractivity contribution < 1.29 is 19.1 Å². The molecule has 6 nitrogen and oxygen atoms in total. The maximum atomic E-state index is 12.8. The zero-order valence-corrected chi connectivity index (χ0v) is 16.6. The average Bonchev–Trinajstić information content (AvgIpc) is 2.71. The molecule has 0 radical (unpaired) electrons. The first-order valence-corrected chi connectivity index (χ1v) is 9.57. The van der Waals surface area contributed by atoms with Crippen LogP contribution in [0.1, 0.15) is 31.4 Å². The number of benzene rings is 2. The number of hydrogen-bond donors (Lipinski definition) is 1. The number of anilines is 1. The van der Waals surface area contributed by atoms with E-state index in [2.05, 4.69) is 5.32 Å². The van der Waals surface area contributed by atoms with E-state index in [9.17, 15) is 14.4 Å². The maximum absolute atomic E-state index is 12.8. The van der Waals surface area contributed by atoms with Gasteiger partial charge in [0.05, 0.1) is 0 Å². The molecule has 0 aliphatic carbocycles. The molecule has 6 heteroatoms. The summed E-state index contributed by atoms with van der Waals surface area (Å²) in [5, 5.41) is 2.48. The summed E-state index contributed by atoms with van der Waals surface area (Å²) in [5.74, 6) is -1.44. The van der Waals surface area contributed by atoms with E-state index in [1.54, 1.807) is 17.0 Å². The Morgan fingerprint density at radius 1 is 1.10 bits per heavy atom. The highest BCUT2D eigenvalue weighted by Gasteiger charge is 2.28. The van der Waals surface area contributed by atoms with Crippen molar-refractivity contribution in [3.8, 4) is 0 Å². The number of hydrogen-bond acceptors (Lipinski definition) is 4. The number of esters is 1. The fourth-order valence-corrected chi connectivity index (χ4v) is 3.39. The second-order valence-corrected chi connectivity index (χ2v) is 7.01. The van der Waals surface area contributed by atoms with Gasteiger partial charge in [-0.2, -0.15) is 0 Å². The molecule has 29 heavy (non-hydrogen) atoms. The van der Waals surface area contributed by atoms with Gasteiger partial charge in [0, 0.05) is 18.7 Å². The molecule has 1 heterocycles. The Hall–Kier alpha value is -3.41. The van der Waals surface area contributed by atoms with Crippen molar-refractivity contribution in [3.05, 3.63) is 71.4 Å². The minimum Gasteiger partial charge on any atom is -0.451 e. The van der Waals surface area contributed by atoms with Crippen LogP contribution >= 0.6 is 0 Å². The van der Waals surface area contributed by atoms with Gasteiger partial charge in [-0.15, -0.1) is 0 Å². The topological polar surface area (TPSA) is 75.7 Å². The van der Waals surface area contributed by atoms with Gasteiger partial charge in [-0.1, -0.05) is 48.5 Å². The van der Waals surface area contributed by atoms with Crippen LogP contribution in [0.5, 0.6) is 0 Å². The van der Waals surface area contributed by atoms with Gasteiger partial charge in [0.25, 0.3) is 5.91 Å². The molecule has 2 amide bonds. The van der Waals surface area contributed by atoms with Crippen molar-refractivity contribution >= 4 is 29.5 Å². The highest BCUT2D eigenvalue weighted by atomic mass is 16.5. The maximum Gasteiger partial charge on any atom is 0.355 e. The summed E-state index contributed by atoms with van der Waals surface area (Å²) in [5.41, 5.74) is 2.68. The zero-order valence-electron chi connectivity index (χ0n) is 16.6. The standard InChI is InChI=1S/C23H24N2O4/c1-16-12-13-19-10-6-7-11-21(19)25(16)22(27)15-29-23(28)20(24-17(2)26)14-18-8-4-3-5-9-18/h3-11,14,16H,12-13,15H2,1-2H3,(H,24,26)/b20-14-. The monoisotopic (exact) mass is 392 g/mol. The van der Waals surface area contributed by atoms with E-state index < -0.39 is 18.5 Å². The zero-order chi connectivity index (χ0) is 20.8. The summed E-state index contributed by atoms with van der Waals surface area (Å²) in [4.78, 5) is 38.5. The normalized spacial score (nSPS) is 16.0. The molecule has 1 aliphatic heterocycles. The molecule has 150 valence electrons. The fraction of sp³-hybridized carbons (Fsp3) is 0.261. The predicted octanol–water partition coefficient (Wildman–Crippen LogP) is 3.07. The second-order valence-electron chi connectivity index (χ2n) is 7.01. The van der Waals surface area contributed by atoms with Crippen LogP contribution in [0.3, 0.4) is 0 Å². The first kappa shape index (κ1) is 20.3. The molecular weight excluding hydrogens is 368 g/mol. The van der Waals surface area contributed by atoms with Crippen LogP contribution in [0, 0.1) is 0 Å². The van der Waals surface area contributed by atoms with Crippen LogP contribution in [0.4, 0.5) is 5.69 Å². The Morgan fingerprint density at radius 3 is 2.52 bits per heavy atom. The van der Waals surface area contributed by atoms with Gasteiger partial charge in [0.15, 0.2) is 6.61 Å². The van der Waals surface area contributed by atoms with Crippen molar-refractivity contribution in [1.82, 2.24) is 5.32 Å². The first-order valence-electron chi connectivity index (χ1n) is 9.57. The number of carbonyl (C=O) groups is 3. The Labute approximate surface area is 170 Å². The van der Waals surface area contributed by atoms with Crippen LogP contribution < -0.4 is 10.2 Å². The fourth-order valence-electron chi connectivity index (χ4n) is 3.39. The molecule has 0 spiro atoms. The molecule has 0 saturated carbocycles. The molecule has 1 unspecified atom stereocenters. The lowest BCUT2D eigenvalue weighted by Gasteiger charge is -2.35. The largest absolute Gasteiger partial charge is 0.451 e. The Morgan fingerprint density at radius 2 is 1.79 bits per heavy atom. The number of para-hydroxylation sites is 1. The van der Waals surface area contributed by atoms with Gasteiger partial charge in [0.2, 0.25) is 5.91 Å². The lowest BCUT2D eigenvalue weighted by Crippen LogP contribution is -2.44. The third-order valence-corrected chi connectivity index (χ3v) is 4.76. The number of amides is 2. The van der Waals surface area contributed by atoms with Crippen molar-refractivity contribution in [2.45, 2.75) is 32.7 Å². The molecule has 0 bridgehead atoms. The highest BCUT2D eigenvalue weighted by Crippen LogP contribution is 2.30. The van der Waals surface area contributed by atoms with E-state index in [1.165, 1.54) is 13.0 Å². The van der Waals surface area contributed by atoms with Gasteiger partial charge >= 0.3 is 5.97 Å². The summed E-state index contributed by atoms with van der Waals surface area (Å²) in [6.07, 6.45) is 3.28. The quantitative estimate of drug-likeness (QED) is 0.627. The van der Waals surface area contributed by atoms with Crippen molar-refractivity contribution in [1.29, 1.82) is 0 Å². The Kier molecular flexibility index (Phi) is 6.44. The molecule has 1 N–H and O–H groups in total. The minimum absolute atomic E-state index is 0.0106. The number of aryl methyl sites for hydroxylation is 1. The third kappa shape index (κ3) is 5.10. The number of carbonyl (C=O) groups excluding carboxylic acids is 3. The van der Waals surface area contributed by atoms with Crippen LogP contribution in [-0.4, -0.2) is 30.4 Å². The number of rotatable bonds is 5. The summed E-state index contributed by atoms with van der Waals surface area (Å²) in [6.45, 7) is 2.89. The molecule has 1 atom stereocenters. The predicted molar refractivity (Wildman–Crippen MR) is 111 cm³/mol. The summed E-state index contributed by atoms with van der Waals surface area (Å²) >= 11 is 0. The second kappa shape index (κ2) is 9.19. The number of ether oxygens (including phenoxy) is 1. The summed E-state index contributed by atoms with van der Waals surface area (Å²) < 4.78 is 5.24. The Balaban J connectivity index is 1.72. The SMILES string of the molecule is CC(=O)N/C(=C\c1ccccc1)C(=O)OCC(=O)N1c2ccccc2CCC1C. The van der Waals surface area contributed by atoms with Gasteiger partial charge in [0.1, 0.15) is 5.70 Å². The summed E-state index contributed by atoms with van der Waals surface area (Å²) in [7, 11) is 0. The summed E-state index contributed by atoms with van der Waals surface area (Å²) in [6, 6.07) is 16.9. The molecule has 3 rings (SSSR count). The lowest BCUT2D eigenvalue weighted by molar-refractivity contribution is -0.144. The van der Waals surface area contributed by atoms with Crippen LogP contribution in [0.25, 0.3) is 6.08 Å². The highest BCUT2D eigenvalue weighted by molar-refractivity contribution is 6.00. The minimum atomic E-state index is -0.754. The molecule has 0 aromatic heterocycles. The van der Waals surface area contributed by atoms with Crippen molar-refractivity contribution in [2.24, 2.45) is 0 Å². The lowest BCUT2D eigenvalue weighted by atomic mass is 9.96. The van der Waals surface area contributed by atoms with Crippen LogP contribution in [0.15, 0.2) is 60.3 Å². The van der Waals surface area contributed by atoms with Gasteiger partial charge in [-0.05, 0) is 43.0 Å². The van der Waals surface area contributed by atoms with Gasteiger partial charge in [-0.3, -0.25) is 9.59 Å². The molecule has 1 aliphatic rings. The number of nitrogens with zero attached hydrogens (tertiary/aromatic N) is 1. The smallest absolute Gasteiger partial charge is 0.355 e. The first-order chi connectivity index (χ1) is 14.0. The molecule has 0 fully saturated rings. The average molecular weight is 392 g/mol. The number of fused-ring (bicyclic) bond motifs is 1.